The fourth-order valence-corrected chi connectivity index (χ4v) is 3.77. The number of hydrogen-bond donors (Lipinski definition) is 0. The van der Waals surface area contributed by atoms with E-state index >= 15 is 0 Å². The molecule has 2 aromatic rings. The van der Waals surface area contributed by atoms with Crippen LogP contribution in [0.3, 0.4) is 0 Å². The maximum absolute atomic E-state index is 12.9. The van der Waals surface area contributed by atoms with Crippen molar-refractivity contribution in [1.29, 1.82) is 0 Å². The van der Waals surface area contributed by atoms with Crippen molar-refractivity contribution in [2.75, 3.05) is 26.3 Å². The summed E-state index contributed by atoms with van der Waals surface area (Å²) in [6, 6.07) is 10.0. The second-order valence-electron chi connectivity index (χ2n) is 7.39. The molecule has 0 unspecified atom stereocenters. The molecular formula is C21H27N3O3. The number of benzene rings is 1. The van der Waals surface area contributed by atoms with Crippen LogP contribution in [0.4, 0.5) is 0 Å². The Labute approximate surface area is 160 Å². The van der Waals surface area contributed by atoms with E-state index in [1.807, 2.05) is 34.0 Å². The number of ether oxygens (including phenoxy) is 2. The first-order valence-corrected chi connectivity index (χ1v) is 9.85. The highest BCUT2D eigenvalue weighted by molar-refractivity contribution is 5.94. The Bertz CT molecular complexity index is 729. The quantitative estimate of drug-likeness (QED) is 0.813. The Balaban J connectivity index is 1.35. The van der Waals surface area contributed by atoms with Crippen molar-refractivity contribution >= 4 is 5.91 Å². The molecule has 1 aromatic carbocycles. The van der Waals surface area contributed by atoms with E-state index in [0.717, 1.165) is 12.0 Å². The first kappa shape index (κ1) is 18.2. The Morgan fingerprint density at radius 3 is 2.44 bits per heavy atom. The molecule has 0 radical (unpaired) electrons. The zero-order valence-corrected chi connectivity index (χ0v) is 15.8. The summed E-state index contributed by atoms with van der Waals surface area (Å²) < 4.78 is 14.0. The Kier molecular flexibility index (Phi) is 5.55. The van der Waals surface area contributed by atoms with Crippen LogP contribution in [0.2, 0.25) is 0 Å². The van der Waals surface area contributed by atoms with Gasteiger partial charge in [-0.25, -0.2) is 0 Å². The van der Waals surface area contributed by atoms with Gasteiger partial charge in [0.05, 0.1) is 19.3 Å². The predicted octanol–water partition coefficient (Wildman–Crippen LogP) is 2.71. The van der Waals surface area contributed by atoms with E-state index < -0.39 is 0 Å². The van der Waals surface area contributed by atoms with Gasteiger partial charge >= 0.3 is 0 Å². The van der Waals surface area contributed by atoms with Gasteiger partial charge in [-0.2, -0.15) is 5.10 Å². The van der Waals surface area contributed by atoms with Crippen LogP contribution in [-0.4, -0.2) is 59.1 Å². The standard InChI is InChI=1S/C21H27N3O3/c1-2-3-5-16-6-8-17(9-7-16)21(25)23-12-19-20(13-23)27-15-18(14-26-19)24-11-4-10-22-24/h4,6-11,18-20H,2-3,5,12-15H2,1H3/t19-,20-/m0/s1. The van der Waals surface area contributed by atoms with Crippen LogP contribution >= 0.6 is 0 Å². The highest BCUT2D eigenvalue weighted by Crippen LogP contribution is 2.25. The van der Waals surface area contributed by atoms with Gasteiger partial charge in [0.1, 0.15) is 12.2 Å². The Morgan fingerprint density at radius 2 is 1.85 bits per heavy atom. The summed E-state index contributed by atoms with van der Waals surface area (Å²) in [5.74, 6) is 0.0564. The molecule has 2 saturated heterocycles. The molecule has 1 aromatic heterocycles. The number of aryl methyl sites for hydroxylation is 1. The molecule has 6 nitrogen and oxygen atoms in total. The molecule has 144 valence electrons. The van der Waals surface area contributed by atoms with Gasteiger partial charge in [0.15, 0.2) is 0 Å². The SMILES string of the molecule is CCCCc1ccc(C(=O)N2C[C@@H]3OCC(n4cccn4)CO[C@H]3C2)cc1. The number of likely N-dealkylation sites (tertiary alicyclic amines) is 1. The molecule has 27 heavy (non-hydrogen) atoms. The van der Waals surface area contributed by atoms with Crippen LogP contribution in [0.5, 0.6) is 0 Å². The largest absolute Gasteiger partial charge is 0.371 e. The maximum atomic E-state index is 12.9. The van der Waals surface area contributed by atoms with Crippen LogP contribution in [0.15, 0.2) is 42.7 Å². The summed E-state index contributed by atoms with van der Waals surface area (Å²) in [5.41, 5.74) is 2.03. The number of hydrogen-bond acceptors (Lipinski definition) is 4. The average Bonchev–Trinajstić information content (AvgIpc) is 3.33. The number of carbonyl (C=O) groups excluding carboxylic acids is 1. The van der Waals surface area contributed by atoms with Crippen LogP contribution in [0, 0.1) is 0 Å². The molecule has 2 fully saturated rings. The van der Waals surface area contributed by atoms with Crippen LogP contribution in [-0.2, 0) is 15.9 Å². The summed E-state index contributed by atoms with van der Waals surface area (Å²) in [7, 11) is 0. The molecule has 4 rings (SSSR count). The molecule has 3 heterocycles. The van der Waals surface area contributed by atoms with Gasteiger partial charge in [-0.05, 0) is 36.6 Å². The molecule has 1 amide bonds. The number of carbonyl (C=O) groups is 1. The molecule has 2 aliphatic rings. The number of fused-ring (bicyclic) bond motifs is 1. The van der Waals surface area contributed by atoms with Crippen molar-refractivity contribution in [2.24, 2.45) is 0 Å². The topological polar surface area (TPSA) is 56.6 Å². The average molecular weight is 369 g/mol. The number of rotatable bonds is 5. The van der Waals surface area contributed by atoms with Crippen molar-refractivity contribution in [3.63, 3.8) is 0 Å². The third kappa shape index (κ3) is 4.06. The molecule has 2 atom stereocenters. The van der Waals surface area contributed by atoms with Gasteiger partial charge in [0.2, 0.25) is 0 Å². The highest BCUT2D eigenvalue weighted by atomic mass is 16.6. The van der Waals surface area contributed by atoms with Crippen molar-refractivity contribution < 1.29 is 14.3 Å². The smallest absolute Gasteiger partial charge is 0.254 e. The number of unbranched alkanes of at least 4 members (excludes halogenated alkanes) is 1. The Hall–Kier alpha value is -2.18. The zero-order valence-electron chi connectivity index (χ0n) is 15.8. The van der Waals surface area contributed by atoms with E-state index in [0.29, 0.717) is 26.3 Å². The monoisotopic (exact) mass is 369 g/mol. The molecule has 0 saturated carbocycles. The summed E-state index contributed by atoms with van der Waals surface area (Å²) in [6.07, 6.45) is 6.97. The van der Waals surface area contributed by atoms with Gasteiger partial charge in [-0.1, -0.05) is 25.5 Å². The lowest BCUT2D eigenvalue weighted by molar-refractivity contribution is -0.00461. The van der Waals surface area contributed by atoms with Crippen LogP contribution < -0.4 is 0 Å². The second kappa shape index (κ2) is 8.23. The lowest BCUT2D eigenvalue weighted by Crippen LogP contribution is -2.31. The Morgan fingerprint density at radius 1 is 1.15 bits per heavy atom. The fraction of sp³-hybridized carbons (Fsp3) is 0.524. The van der Waals surface area contributed by atoms with Crippen LogP contribution in [0.25, 0.3) is 0 Å². The molecule has 6 heteroatoms. The third-order valence-corrected chi connectivity index (χ3v) is 5.43. The minimum atomic E-state index is -0.0710. The highest BCUT2D eigenvalue weighted by Gasteiger charge is 2.39. The summed E-state index contributed by atoms with van der Waals surface area (Å²) in [4.78, 5) is 14.7. The molecule has 2 aliphatic heterocycles. The fourth-order valence-electron chi connectivity index (χ4n) is 3.77. The zero-order chi connectivity index (χ0) is 18.6. The van der Waals surface area contributed by atoms with Crippen molar-refractivity contribution in [1.82, 2.24) is 14.7 Å². The van der Waals surface area contributed by atoms with E-state index in [1.54, 1.807) is 6.20 Å². The van der Waals surface area contributed by atoms with E-state index in [4.69, 9.17) is 9.47 Å². The van der Waals surface area contributed by atoms with Gasteiger partial charge in [0, 0.05) is 31.0 Å². The lowest BCUT2D eigenvalue weighted by Gasteiger charge is -2.19. The molecule has 0 N–H and O–H groups in total. The third-order valence-electron chi connectivity index (χ3n) is 5.43. The first-order valence-electron chi connectivity index (χ1n) is 9.85. The van der Waals surface area contributed by atoms with Crippen molar-refractivity contribution in [3.8, 4) is 0 Å². The number of aromatic nitrogens is 2. The van der Waals surface area contributed by atoms with E-state index in [-0.39, 0.29) is 24.2 Å². The van der Waals surface area contributed by atoms with Crippen molar-refractivity contribution in [3.05, 3.63) is 53.9 Å². The molecule has 0 bridgehead atoms. The first-order chi connectivity index (χ1) is 13.2. The van der Waals surface area contributed by atoms with Gasteiger partial charge in [0.25, 0.3) is 5.91 Å². The second-order valence-corrected chi connectivity index (χ2v) is 7.39. The van der Waals surface area contributed by atoms with E-state index in [9.17, 15) is 4.79 Å². The van der Waals surface area contributed by atoms with E-state index in [2.05, 4.69) is 24.2 Å². The van der Waals surface area contributed by atoms with Gasteiger partial charge < -0.3 is 14.4 Å². The lowest BCUT2D eigenvalue weighted by atomic mass is 10.1. The molecular weight excluding hydrogens is 342 g/mol. The molecule has 0 aliphatic carbocycles. The summed E-state index contributed by atoms with van der Waals surface area (Å²) in [5, 5.41) is 4.28. The van der Waals surface area contributed by atoms with Gasteiger partial charge in [-0.15, -0.1) is 0 Å². The normalized spacial score (nSPS) is 23.2. The maximum Gasteiger partial charge on any atom is 0.254 e. The number of amides is 1. The van der Waals surface area contributed by atoms with E-state index in [1.165, 1.54) is 18.4 Å². The minimum absolute atomic E-state index is 0.0564. The van der Waals surface area contributed by atoms with Gasteiger partial charge in [-0.3, -0.25) is 9.48 Å². The minimum Gasteiger partial charge on any atom is -0.371 e. The number of nitrogens with zero attached hydrogens (tertiary/aromatic N) is 3. The predicted molar refractivity (Wildman–Crippen MR) is 102 cm³/mol. The van der Waals surface area contributed by atoms with Crippen molar-refractivity contribution in [2.45, 2.75) is 44.4 Å². The summed E-state index contributed by atoms with van der Waals surface area (Å²) >= 11 is 0. The van der Waals surface area contributed by atoms with Crippen LogP contribution in [0.1, 0.15) is 41.7 Å². The molecule has 0 spiro atoms. The summed E-state index contributed by atoms with van der Waals surface area (Å²) in [6.45, 7) is 4.45.